The molecule has 0 atom stereocenters. The number of carbonyl (C=O) groups is 1. The van der Waals surface area contributed by atoms with E-state index in [4.69, 9.17) is 4.74 Å². The number of hydrogen-bond acceptors (Lipinski definition) is 5. The largest absolute Gasteiger partial charge is 0.497 e. The van der Waals surface area contributed by atoms with Crippen molar-refractivity contribution in [1.29, 1.82) is 0 Å². The molecular formula is C23H30N4O2. The van der Waals surface area contributed by atoms with Crippen LogP contribution < -0.4 is 10.1 Å². The molecule has 6 heteroatoms. The average Bonchev–Trinajstić information content (AvgIpc) is 2.78. The summed E-state index contributed by atoms with van der Waals surface area (Å²) < 4.78 is 5.23. The van der Waals surface area contributed by atoms with Crippen molar-refractivity contribution in [3.05, 3.63) is 53.1 Å². The molecular weight excluding hydrogens is 364 g/mol. The first-order valence-electron chi connectivity index (χ1n) is 10.7. The van der Waals surface area contributed by atoms with Crippen LogP contribution in [0.5, 0.6) is 5.75 Å². The molecule has 0 saturated heterocycles. The normalized spacial score (nSPS) is 17.6. The number of rotatable bonds is 6. The quantitative estimate of drug-likeness (QED) is 0.814. The molecule has 1 N–H and O–H groups in total. The zero-order valence-electron chi connectivity index (χ0n) is 17.2. The van der Waals surface area contributed by atoms with Crippen molar-refractivity contribution in [3.63, 3.8) is 0 Å². The van der Waals surface area contributed by atoms with Gasteiger partial charge in [0.25, 0.3) is 5.91 Å². The number of nitrogens with zero attached hydrogens (tertiary/aromatic N) is 3. The number of fused-ring (bicyclic) bond motifs is 1. The highest BCUT2D eigenvalue weighted by molar-refractivity contribution is 5.93. The van der Waals surface area contributed by atoms with Gasteiger partial charge in [-0.1, -0.05) is 31.4 Å². The van der Waals surface area contributed by atoms with Gasteiger partial charge in [-0.3, -0.25) is 9.69 Å². The van der Waals surface area contributed by atoms with Gasteiger partial charge in [0.05, 0.1) is 12.8 Å². The van der Waals surface area contributed by atoms with Crippen molar-refractivity contribution in [3.8, 4) is 5.75 Å². The highest BCUT2D eigenvalue weighted by Crippen LogP contribution is 2.24. The van der Waals surface area contributed by atoms with Gasteiger partial charge in [0.15, 0.2) is 0 Å². The first-order valence-corrected chi connectivity index (χ1v) is 10.7. The summed E-state index contributed by atoms with van der Waals surface area (Å²) in [6.45, 7) is 3.26. The van der Waals surface area contributed by atoms with Crippen LogP contribution in [-0.4, -0.2) is 41.0 Å². The van der Waals surface area contributed by atoms with Gasteiger partial charge in [0.2, 0.25) is 0 Å². The molecule has 1 aromatic heterocycles. The Morgan fingerprint density at radius 1 is 1.17 bits per heavy atom. The molecule has 154 valence electrons. The first-order chi connectivity index (χ1) is 14.2. The van der Waals surface area contributed by atoms with Gasteiger partial charge in [-0.25, -0.2) is 9.97 Å². The van der Waals surface area contributed by atoms with E-state index in [0.717, 1.165) is 49.6 Å². The molecule has 2 aromatic rings. The molecule has 4 rings (SSSR count). The SMILES string of the molecule is COc1ccc(CN2CCc3c(ncnc3C(=O)NCC3CCCCC3)C2)cc1. The summed E-state index contributed by atoms with van der Waals surface area (Å²) in [6, 6.07) is 8.17. The van der Waals surface area contributed by atoms with Crippen molar-refractivity contribution < 1.29 is 9.53 Å². The molecule has 1 aliphatic carbocycles. The third kappa shape index (κ3) is 4.93. The number of nitrogens with one attached hydrogen (secondary N) is 1. The minimum Gasteiger partial charge on any atom is -0.497 e. The molecule has 6 nitrogen and oxygen atoms in total. The van der Waals surface area contributed by atoms with Crippen LogP contribution >= 0.6 is 0 Å². The molecule has 0 radical (unpaired) electrons. The Morgan fingerprint density at radius 2 is 1.97 bits per heavy atom. The van der Waals surface area contributed by atoms with Crippen LogP contribution in [0.4, 0.5) is 0 Å². The smallest absolute Gasteiger partial charge is 0.270 e. The highest BCUT2D eigenvalue weighted by atomic mass is 16.5. The van der Waals surface area contributed by atoms with E-state index >= 15 is 0 Å². The van der Waals surface area contributed by atoms with E-state index in [1.165, 1.54) is 44.0 Å². The summed E-state index contributed by atoms with van der Waals surface area (Å²) in [7, 11) is 1.68. The van der Waals surface area contributed by atoms with Gasteiger partial charge < -0.3 is 10.1 Å². The molecule has 1 aromatic carbocycles. The van der Waals surface area contributed by atoms with Crippen molar-refractivity contribution in [2.75, 3.05) is 20.2 Å². The maximum absolute atomic E-state index is 12.8. The van der Waals surface area contributed by atoms with E-state index in [2.05, 4.69) is 32.3 Å². The van der Waals surface area contributed by atoms with Crippen LogP contribution in [0.15, 0.2) is 30.6 Å². The predicted octanol–water partition coefficient (Wildman–Crippen LogP) is 3.35. The summed E-state index contributed by atoms with van der Waals surface area (Å²) in [6.07, 6.45) is 8.69. The van der Waals surface area contributed by atoms with Crippen LogP contribution in [-0.2, 0) is 19.5 Å². The second-order valence-corrected chi connectivity index (χ2v) is 8.17. The van der Waals surface area contributed by atoms with E-state index in [-0.39, 0.29) is 5.91 Å². The Morgan fingerprint density at radius 3 is 2.72 bits per heavy atom. The minimum absolute atomic E-state index is 0.0437. The number of methoxy groups -OCH3 is 1. The fraction of sp³-hybridized carbons (Fsp3) is 0.522. The van der Waals surface area contributed by atoms with Crippen molar-refractivity contribution >= 4 is 5.91 Å². The number of hydrogen-bond donors (Lipinski definition) is 1. The lowest BCUT2D eigenvalue weighted by atomic mass is 9.89. The molecule has 2 aliphatic rings. The van der Waals surface area contributed by atoms with Gasteiger partial charge in [0, 0.05) is 31.7 Å². The van der Waals surface area contributed by atoms with Gasteiger partial charge in [-0.05, 0) is 42.9 Å². The number of carbonyl (C=O) groups excluding carboxylic acids is 1. The van der Waals surface area contributed by atoms with Crippen molar-refractivity contribution in [2.45, 2.75) is 51.6 Å². The van der Waals surface area contributed by atoms with E-state index in [0.29, 0.717) is 11.6 Å². The molecule has 1 aliphatic heterocycles. The van der Waals surface area contributed by atoms with Crippen molar-refractivity contribution in [2.24, 2.45) is 5.92 Å². The molecule has 0 spiro atoms. The number of aromatic nitrogens is 2. The fourth-order valence-corrected chi connectivity index (χ4v) is 4.44. The van der Waals surface area contributed by atoms with Crippen LogP contribution in [0.2, 0.25) is 0 Å². The van der Waals surface area contributed by atoms with E-state index < -0.39 is 0 Å². The Bertz CT molecular complexity index is 831. The Kier molecular flexibility index (Phi) is 6.39. The molecule has 1 saturated carbocycles. The van der Waals surface area contributed by atoms with Gasteiger partial charge in [-0.15, -0.1) is 0 Å². The lowest BCUT2D eigenvalue weighted by Gasteiger charge is -2.29. The molecule has 0 unspecified atom stereocenters. The molecule has 29 heavy (non-hydrogen) atoms. The van der Waals surface area contributed by atoms with E-state index in [1.54, 1.807) is 7.11 Å². The number of ether oxygens (including phenoxy) is 1. The van der Waals surface area contributed by atoms with Crippen LogP contribution in [0.25, 0.3) is 0 Å². The molecule has 1 amide bonds. The monoisotopic (exact) mass is 394 g/mol. The second-order valence-electron chi connectivity index (χ2n) is 8.17. The lowest BCUT2D eigenvalue weighted by Crippen LogP contribution is -2.35. The minimum atomic E-state index is -0.0437. The van der Waals surface area contributed by atoms with Crippen LogP contribution in [0.3, 0.4) is 0 Å². The summed E-state index contributed by atoms with van der Waals surface area (Å²) in [5.41, 5.74) is 3.80. The summed E-state index contributed by atoms with van der Waals surface area (Å²) >= 11 is 0. The van der Waals surface area contributed by atoms with Gasteiger partial charge in [0.1, 0.15) is 17.8 Å². The molecule has 2 heterocycles. The molecule has 0 bridgehead atoms. The van der Waals surface area contributed by atoms with E-state index in [1.807, 2.05) is 12.1 Å². The van der Waals surface area contributed by atoms with Crippen LogP contribution in [0, 0.1) is 5.92 Å². The Hall–Kier alpha value is -2.47. The fourth-order valence-electron chi connectivity index (χ4n) is 4.44. The topological polar surface area (TPSA) is 67.3 Å². The Labute approximate surface area is 172 Å². The third-order valence-corrected chi connectivity index (χ3v) is 6.14. The highest BCUT2D eigenvalue weighted by Gasteiger charge is 2.24. The second kappa shape index (κ2) is 9.35. The maximum atomic E-state index is 12.8. The van der Waals surface area contributed by atoms with Gasteiger partial charge in [-0.2, -0.15) is 0 Å². The number of amides is 1. The zero-order chi connectivity index (χ0) is 20.1. The van der Waals surface area contributed by atoms with Crippen molar-refractivity contribution in [1.82, 2.24) is 20.2 Å². The third-order valence-electron chi connectivity index (χ3n) is 6.14. The maximum Gasteiger partial charge on any atom is 0.270 e. The first kappa shape index (κ1) is 19.8. The Balaban J connectivity index is 1.38. The average molecular weight is 395 g/mol. The lowest BCUT2D eigenvalue weighted by molar-refractivity contribution is 0.0935. The summed E-state index contributed by atoms with van der Waals surface area (Å²) in [5, 5.41) is 3.13. The molecule has 1 fully saturated rings. The predicted molar refractivity (Wildman–Crippen MR) is 112 cm³/mol. The van der Waals surface area contributed by atoms with E-state index in [9.17, 15) is 4.79 Å². The summed E-state index contributed by atoms with van der Waals surface area (Å²) in [4.78, 5) is 23.9. The van der Waals surface area contributed by atoms with Crippen LogP contribution in [0.1, 0.15) is 59.4 Å². The van der Waals surface area contributed by atoms with Gasteiger partial charge >= 0.3 is 0 Å². The number of benzene rings is 1. The zero-order valence-corrected chi connectivity index (χ0v) is 17.2. The standard InChI is InChI=1S/C23H30N4O2/c1-29-19-9-7-18(8-10-19)14-27-12-11-20-21(15-27)25-16-26-22(20)23(28)24-13-17-5-3-2-4-6-17/h7-10,16-17H,2-6,11-15H2,1H3,(H,24,28). The summed E-state index contributed by atoms with van der Waals surface area (Å²) in [5.74, 6) is 1.44.